The summed E-state index contributed by atoms with van der Waals surface area (Å²) in [5, 5.41) is 6.67. The second-order valence-electron chi connectivity index (χ2n) is 9.29. The third kappa shape index (κ3) is 9.51. The number of hydrogen-bond donors (Lipinski definition) is 3. The van der Waals surface area contributed by atoms with Crippen molar-refractivity contribution in [2.75, 3.05) is 19.4 Å². The summed E-state index contributed by atoms with van der Waals surface area (Å²) in [6.45, 7) is 5.49. The van der Waals surface area contributed by atoms with Crippen LogP contribution in [0.25, 0.3) is 6.08 Å². The summed E-state index contributed by atoms with van der Waals surface area (Å²) in [5.74, 6) is -0.556. The second-order valence-corrected chi connectivity index (χ2v) is 10.3. The summed E-state index contributed by atoms with van der Waals surface area (Å²) in [4.78, 5) is 43.9. The fourth-order valence-corrected chi connectivity index (χ4v) is 3.92. The molecule has 3 N–H and O–H groups in total. The number of allylic oxidation sites excluding steroid dienone is 4. The highest BCUT2D eigenvalue weighted by Crippen LogP contribution is 2.33. The predicted molar refractivity (Wildman–Crippen MR) is 173 cm³/mol. The number of hydrazone groups is 1. The summed E-state index contributed by atoms with van der Waals surface area (Å²) < 4.78 is 16.9. The molecule has 0 saturated carbocycles. The van der Waals surface area contributed by atoms with E-state index in [9.17, 15) is 14.4 Å². The number of nitrogens with one attached hydrogen (secondary N) is 3. The minimum Gasteiger partial charge on any atom is -0.454 e. The van der Waals surface area contributed by atoms with Gasteiger partial charge in [0, 0.05) is 15.6 Å². The molecule has 0 radical (unpaired) electrons. The number of carbonyl (C=O) groups is 3. The Bertz CT molecular complexity index is 1700. The Morgan fingerprint density at radius 3 is 2.40 bits per heavy atom. The van der Waals surface area contributed by atoms with E-state index in [0.29, 0.717) is 43.9 Å². The first-order valence-corrected chi connectivity index (χ1v) is 14.2. The minimum atomic E-state index is -0.700. The highest BCUT2D eigenvalue weighted by atomic mass is 79.9. The second kappa shape index (κ2) is 15.8. The molecule has 0 aliphatic carbocycles. The average molecular weight is 674 g/mol. The number of carbonyl (C=O) groups excluding carboxylic acids is 3. The van der Waals surface area contributed by atoms with Gasteiger partial charge in [0.05, 0.1) is 24.6 Å². The fourth-order valence-electron chi connectivity index (χ4n) is 3.79. The van der Waals surface area contributed by atoms with Crippen LogP contribution in [0.15, 0.2) is 118 Å². The number of rotatable bonds is 12. The Kier molecular flexibility index (Phi) is 11.4. The smallest absolute Gasteiger partial charge is 0.343 e. The molecular formula is C33H29BrN4O7. The van der Waals surface area contributed by atoms with Crippen LogP contribution in [-0.2, 0) is 14.4 Å². The van der Waals surface area contributed by atoms with E-state index in [0.717, 1.165) is 0 Å². The monoisotopic (exact) mass is 672 g/mol. The maximum atomic E-state index is 13.2. The van der Waals surface area contributed by atoms with E-state index >= 15 is 0 Å². The number of anilines is 1. The fraction of sp³-hybridized carbons (Fsp3) is 0.0909. The molecule has 11 nitrogen and oxygen atoms in total. The number of halogens is 1. The van der Waals surface area contributed by atoms with Crippen LogP contribution in [0.4, 0.5) is 5.69 Å². The van der Waals surface area contributed by atoms with Crippen molar-refractivity contribution in [1.29, 1.82) is 0 Å². The van der Waals surface area contributed by atoms with Crippen LogP contribution < -0.4 is 25.7 Å². The van der Waals surface area contributed by atoms with Crippen LogP contribution in [0.2, 0.25) is 0 Å². The van der Waals surface area contributed by atoms with Gasteiger partial charge in [-0.25, -0.2) is 10.2 Å². The van der Waals surface area contributed by atoms with Crippen LogP contribution in [0.1, 0.15) is 33.2 Å². The van der Waals surface area contributed by atoms with E-state index < -0.39 is 17.8 Å². The van der Waals surface area contributed by atoms with Crippen LogP contribution in [0.5, 0.6) is 11.5 Å². The lowest BCUT2D eigenvalue weighted by Gasteiger charge is -2.10. The van der Waals surface area contributed by atoms with Gasteiger partial charge in [-0.2, -0.15) is 5.10 Å². The van der Waals surface area contributed by atoms with Gasteiger partial charge in [0.25, 0.3) is 11.8 Å². The summed E-state index contributed by atoms with van der Waals surface area (Å²) in [7, 11) is 1.48. The summed E-state index contributed by atoms with van der Waals surface area (Å²) in [6, 6.07) is 20.1. The zero-order valence-corrected chi connectivity index (χ0v) is 25.9. The van der Waals surface area contributed by atoms with Gasteiger partial charge in [-0.3, -0.25) is 19.9 Å². The molecule has 0 saturated heterocycles. The Balaban J connectivity index is 1.54. The molecule has 0 unspecified atom stereocenters. The van der Waals surface area contributed by atoms with E-state index in [4.69, 9.17) is 19.0 Å². The van der Waals surface area contributed by atoms with Crippen molar-refractivity contribution in [3.8, 4) is 11.5 Å². The molecule has 3 aromatic carbocycles. The van der Waals surface area contributed by atoms with Crippen LogP contribution in [-0.4, -0.2) is 37.9 Å². The van der Waals surface area contributed by atoms with Gasteiger partial charge in [0.1, 0.15) is 11.5 Å². The Morgan fingerprint density at radius 1 is 0.956 bits per heavy atom. The Morgan fingerprint density at radius 2 is 1.69 bits per heavy atom. The normalized spacial score (nSPS) is 12.9. The van der Waals surface area contributed by atoms with Crippen LogP contribution in [0.3, 0.4) is 0 Å². The van der Waals surface area contributed by atoms with Gasteiger partial charge in [0.15, 0.2) is 11.5 Å². The molecule has 45 heavy (non-hydrogen) atoms. The highest BCUT2D eigenvalue weighted by Gasteiger charge is 2.17. The molecule has 0 bridgehead atoms. The van der Waals surface area contributed by atoms with Gasteiger partial charge < -0.3 is 19.5 Å². The number of ether oxygens (including phenoxy) is 3. The number of benzene rings is 3. The summed E-state index contributed by atoms with van der Waals surface area (Å²) >= 11 is 3.24. The van der Waals surface area contributed by atoms with E-state index in [1.165, 1.54) is 25.5 Å². The number of amides is 2. The van der Waals surface area contributed by atoms with Crippen LogP contribution in [0, 0.1) is 0 Å². The molecule has 1 heterocycles. The van der Waals surface area contributed by atoms with Crippen molar-refractivity contribution in [2.24, 2.45) is 5.10 Å². The van der Waals surface area contributed by atoms with Gasteiger partial charge in [0.2, 0.25) is 6.79 Å². The maximum absolute atomic E-state index is 13.2. The number of nitrogens with zero attached hydrogens (tertiary/aromatic N) is 1. The topological polar surface area (TPSA) is 137 Å². The molecule has 0 aromatic heterocycles. The zero-order chi connectivity index (χ0) is 32.2. The minimum absolute atomic E-state index is 0.0740. The third-order valence-corrected chi connectivity index (χ3v) is 6.27. The van der Waals surface area contributed by atoms with Gasteiger partial charge >= 0.3 is 5.97 Å². The van der Waals surface area contributed by atoms with Gasteiger partial charge in [-0.05, 0) is 79.2 Å². The molecule has 3 aromatic rings. The van der Waals surface area contributed by atoms with Gasteiger partial charge in [-0.15, -0.1) is 0 Å². The van der Waals surface area contributed by atoms with E-state index in [2.05, 4.69) is 43.8 Å². The molecule has 1 aliphatic rings. The van der Waals surface area contributed by atoms with Crippen LogP contribution >= 0.6 is 15.9 Å². The molecule has 1 aliphatic heterocycles. The largest absolute Gasteiger partial charge is 0.454 e. The number of fused-ring (bicyclic) bond motifs is 1. The average Bonchev–Trinajstić information content (AvgIpc) is 3.51. The van der Waals surface area contributed by atoms with Crippen molar-refractivity contribution in [2.45, 2.75) is 6.92 Å². The van der Waals surface area contributed by atoms with E-state index in [1.54, 1.807) is 85.8 Å². The van der Waals surface area contributed by atoms with E-state index in [1.807, 2.05) is 0 Å². The molecular weight excluding hydrogens is 644 g/mol. The highest BCUT2D eigenvalue weighted by molar-refractivity contribution is 9.11. The first-order chi connectivity index (χ1) is 21.7. The predicted octanol–water partition coefficient (Wildman–Crippen LogP) is 5.86. The standard InChI is InChI=1S/C33H29BrN4O7/c1-21(28(15-9-22(2)34)45-33(41)25-11-13-26(14-12-25)38-42-3)19-35-37-32(40)27(36-31(39)24-7-5-4-6-8-24)17-23-10-16-29-30(18-23)44-20-43-29/h4-19,38H,2,20H2,1,3H3,(H,36,39)(H,37,40)/b15-9-,27-17+,28-21-,35-19+. The van der Waals surface area contributed by atoms with Crippen molar-refractivity contribution < 1.29 is 33.4 Å². The molecule has 2 amide bonds. The van der Waals surface area contributed by atoms with Gasteiger partial charge in [-0.1, -0.05) is 46.8 Å². The summed E-state index contributed by atoms with van der Waals surface area (Å²) in [5.41, 5.74) is 7.31. The molecule has 0 atom stereocenters. The van der Waals surface area contributed by atoms with E-state index in [-0.39, 0.29) is 18.2 Å². The molecule has 0 spiro atoms. The molecule has 0 fully saturated rings. The van der Waals surface area contributed by atoms with Crippen molar-refractivity contribution in [3.05, 3.63) is 130 Å². The first kappa shape index (κ1) is 32.5. The number of esters is 1. The summed E-state index contributed by atoms with van der Waals surface area (Å²) in [6.07, 6.45) is 5.92. The maximum Gasteiger partial charge on any atom is 0.343 e. The lowest BCUT2D eigenvalue weighted by molar-refractivity contribution is -0.117. The lowest BCUT2D eigenvalue weighted by atomic mass is 10.1. The quantitative estimate of drug-likeness (QED) is 0.0544. The SMILES string of the molecule is C=C(Br)\C=C/C(OC(=O)c1ccc(NOC)cc1)=C(C)/C=N/NC(=O)/C(=C\c1ccc2c(c1)OCO2)NC(=O)c1ccccc1. The first-order valence-electron chi connectivity index (χ1n) is 13.4. The lowest BCUT2D eigenvalue weighted by Crippen LogP contribution is -2.32. The number of hydrogen-bond acceptors (Lipinski definition) is 9. The molecule has 230 valence electrons. The Labute approximate surface area is 268 Å². The Hall–Kier alpha value is -5.46. The van der Waals surface area contributed by atoms with Crippen molar-refractivity contribution >= 4 is 51.7 Å². The van der Waals surface area contributed by atoms with Crippen molar-refractivity contribution in [3.63, 3.8) is 0 Å². The zero-order valence-electron chi connectivity index (χ0n) is 24.3. The third-order valence-electron chi connectivity index (χ3n) is 6.01. The molecule has 12 heteroatoms. The van der Waals surface area contributed by atoms with Crippen molar-refractivity contribution in [1.82, 2.24) is 10.7 Å². The molecule has 4 rings (SSSR count).